The van der Waals surface area contributed by atoms with Crippen molar-refractivity contribution in [2.24, 2.45) is 0 Å². The minimum Gasteiger partial charge on any atom is -0.495 e. The predicted molar refractivity (Wildman–Crippen MR) is 72.4 cm³/mol. The Morgan fingerprint density at radius 1 is 1.44 bits per heavy atom. The summed E-state index contributed by atoms with van der Waals surface area (Å²) >= 11 is 9.54. The highest BCUT2D eigenvalue weighted by molar-refractivity contribution is 9.10. The second-order valence-electron chi connectivity index (χ2n) is 3.53. The molecular formula is C12H17BrClNO. The third kappa shape index (κ3) is 3.12. The average Bonchev–Trinajstić information content (AvgIpc) is 2.25. The van der Waals surface area contributed by atoms with Crippen LogP contribution in [0.5, 0.6) is 5.75 Å². The minimum absolute atomic E-state index is 0.273. The van der Waals surface area contributed by atoms with Crippen LogP contribution in [0.2, 0.25) is 5.02 Å². The normalized spacial score (nSPS) is 12.6. The maximum Gasteiger partial charge on any atom is 0.137 e. The Bertz CT molecular complexity index is 357. The smallest absolute Gasteiger partial charge is 0.137 e. The number of ether oxygens (including phenoxy) is 1. The highest BCUT2D eigenvalue weighted by atomic mass is 79.9. The van der Waals surface area contributed by atoms with Gasteiger partial charge in [-0.15, -0.1) is 0 Å². The lowest BCUT2D eigenvalue weighted by molar-refractivity contribution is 0.395. The Morgan fingerprint density at radius 3 is 2.62 bits per heavy atom. The molecule has 0 amide bonds. The molecule has 1 rings (SSSR count). The molecule has 1 aromatic carbocycles. The highest BCUT2D eigenvalue weighted by Gasteiger charge is 2.16. The monoisotopic (exact) mass is 305 g/mol. The number of hydrogen-bond acceptors (Lipinski definition) is 2. The maximum atomic E-state index is 6.07. The van der Waals surface area contributed by atoms with Gasteiger partial charge in [0.05, 0.1) is 11.6 Å². The van der Waals surface area contributed by atoms with Crippen LogP contribution in [-0.4, -0.2) is 13.7 Å². The number of nitrogens with one attached hydrogen (secondary N) is 1. The van der Waals surface area contributed by atoms with E-state index in [2.05, 4.69) is 35.1 Å². The molecule has 0 aliphatic rings. The maximum absolute atomic E-state index is 6.07. The van der Waals surface area contributed by atoms with Crippen molar-refractivity contribution in [3.05, 3.63) is 27.2 Å². The molecule has 0 saturated heterocycles. The van der Waals surface area contributed by atoms with Gasteiger partial charge in [-0.25, -0.2) is 0 Å². The summed E-state index contributed by atoms with van der Waals surface area (Å²) in [6.45, 7) is 5.15. The minimum atomic E-state index is 0.273. The first kappa shape index (κ1) is 13.8. The van der Waals surface area contributed by atoms with Gasteiger partial charge in [-0.3, -0.25) is 0 Å². The quantitative estimate of drug-likeness (QED) is 0.881. The van der Waals surface area contributed by atoms with Crippen molar-refractivity contribution in [3.63, 3.8) is 0 Å². The standard InChI is InChI=1S/C12H17BrClNO/c1-4-11(15-5-2)9-6-8(14)7-10(13)12(9)16-3/h6-7,11,15H,4-5H2,1-3H3. The van der Waals surface area contributed by atoms with Crippen LogP contribution in [0.15, 0.2) is 16.6 Å². The fraction of sp³-hybridized carbons (Fsp3) is 0.500. The van der Waals surface area contributed by atoms with E-state index in [4.69, 9.17) is 16.3 Å². The van der Waals surface area contributed by atoms with Crippen LogP contribution < -0.4 is 10.1 Å². The summed E-state index contributed by atoms with van der Waals surface area (Å²) in [7, 11) is 1.68. The van der Waals surface area contributed by atoms with Gasteiger partial charge in [0.1, 0.15) is 5.75 Å². The zero-order valence-corrected chi connectivity index (χ0v) is 12.2. The molecule has 2 nitrogen and oxygen atoms in total. The molecule has 0 aliphatic carbocycles. The van der Waals surface area contributed by atoms with Crippen LogP contribution in [-0.2, 0) is 0 Å². The van der Waals surface area contributed by atoms with E-state index in [1.807, 2.05) is 12.1 Å². The van der Waals surface area contributed by atoms with Gasteiger partial charge in [-0.2, -0.15) is 0 Å². The van der Waals surface area contributed by atoms with Crippen LogP contribution in [0.25, 0.3) is 0 Å². The zero-order valence-electron chi connectivity index (χ0n) is 9.81. The zero-order chi connectivity index (χ0) is 12.1. The number of hydrogen-bond donors (Lipinski definition) is 1. The van der Waals surface area contributed by atoms with E-state index >= 15 is 0 Å². The van der Waals surface area contributed by atoms with Crippen molar-refractivity contribution in [1.29, 1.82) is 0 Å². The Hall–Kier alpha value is -0.250. The third-order valence-electron chi connectivity index (χ3n) is 2.48. The van der Waals surface area contributed by atoms with E-state index in [9.17, 15) is 0 Å². The summed E-state index contributed by atoms with van der Waals surface area (Å²) in [5.74, 6) is 0.859. The van der Waals surface area contributed by atoms with Crippen molar-refractivity contribution in [2.45, 2.75) is 26.3 Å². The molecule has 0 spiro atoms. The Morgan fingerprint density at radius 2 is 2.12 bits per heavy atom. The van der Waals surface area contributed by atoms with E-state index in [0.29, 0.717) is 0 Å². The third-order valence-corrected chi connectivity index (χ3v) is 3.28. The highest BCUT2D eigenvalue weighted by Crippen LogP contribution is 2.36. The molecule has 0 aromatic heterocycles. The first-order chi connectivity index (χ1) is 7.63. The summed E-state index contributed by atoms with van der Waals surface area (Å²) in [6, 6.07) is 4.08. The molecule has 1 aromatic rings. The molecule has 16 heavy (non-hydrogen) atoms. The molecular weight excluding hydrogens is 289 g/mol. The Labute approximate surface area is 110 Å². The van der Waals surface area contributed by atoms with Gasteiger partial charge in [-0.05, 0) is 41.0 Å². The van der Waals surface area contributed by atoms with Gasteiger partial charge in [0.2, 0.25) is 0 Å². The van der Waals surface area contributed by atoms with Crippen LogP contribution in [0.3, 0.4) is 0 Å². The van der Waals surface area contributed by atoms with E-state index in [1.54, 1.807) is 7.11 Å². The van der Waals surface area contributed by atoms with E-state index in [1.165, 1.54) is 0 Å². The molecule has 0 bridgehead atoms. The topological polar surface area (TPSA) is 21.3 Å². The van der Waals surface area contributed by atoms with Crippen molar-refractivity contribution in [2.75, 3.05) is 13.7 Å². The van der Waals surface area contributed by atoms with E-state index < -0.39 is 0 Å². The molecule has 4 heteroatoms. The number of rotatable bonds is 5. The fourth-order valence-corrected chi connectivity index (χ4v) is 2.77. The first-order valence-electron chi connectivity index (χ1n) is 5.40. The lowest BCUT2D eigenvalue weighted by Crippen LogP contribution is -2.20. The van der Waals surface area contributed by atoms with Crippen LogP contribution in [0, 0.1) is 0 Å². The molecule has 90 valence electrons. The molecule has 0 aliphatic heterocycles. The molecule has 1 unspecified atom stereocenters. The summed E-state index contributed by atoms with van der Waals surface area (Å²) in [6.07, 6.45) is 0.997. The van der Waals surface area contributed by atoms with Crippen molar-refractivity contribution in [3.8, 4) is 5.75 Å². The number of methoxy groups -OCH3 is 1. The van der Waals surface area contributed by atoms with Gasteiger partial charge in [0.15, 0.2) is 0 Å². The molecule has 0 radical (unpaired) electrons. The molecule has 0 heterocycles. The summed E-state index contributed by atoms with van der Waals surface area (Å²) in [5, 5.41) is 4.14. The van der Waals surface area contributed by atoms with Crippen molar-refractivity contribution >= 4 is 27.5 Å². The number of halogens is 2. The summed E-state index contributed by atoms with van der Waals surface area (Å²) in [4.78, 5) is 0. The van der Waals surface area contributed by atoms with Gasteiger partial charge in [-0.1, -0.05) is 25.4 Å². The van der Waals surface area contributed by atoms with Gasteiger partial charge in [0, 0.05) is 16.6 Å². The SMILES string of the molecule is CCNC(CC)c1cc(Cl)cc(Br)c1OC. The van der Waals surface area contributed by atoms with E-state index in [-0.39, 0.29) is 6.04 Å². The average molecular weight is 307 g/mol. The lowest BCUT2D eigenvalue weighted by Gasteiger charge is -2.20. The molecule has 1 atom stereocenters. The largest absolute Gasteiger partial charge is 0.495 e. The van der Waals surface area contributed by atoms with Gasteiger partial charge >= 0.3 is 0 Å². The van der Waals surface area contributed by atoms with Crippen molar-refractivity contribution < 1.29 is 4.74 Å². The van der Waals surface area contributed by atoms with E-state index in [0.717, 1.165) is 33.8 Å². The van der Waals surface area contributed by atoms with Crippen molar-refractivity contribution in [1.82, 2.24) is 5.32 Å². The summed E-state index contributed by atoms with van der Waals surface area (Å²) in [5.41, 5.74) is 1.10. The summed E-state index contributed by atoms with van der Waals surface area (Å²) < 4.78 is 6.31. The van der Waals surface area contributed by atoms with Crippen LogP contribution in [0.4, 0.5) is 0 Å². The second kappa shape index (κ2) is 6.48. The predicted octanol–water partition coefficient (Wildman–Crippen LogP) is 4.17. The first-order valence-corrected chi connectivity index (χ1v) is 6.57. The van der Waals surface area contributed by atoms with Crippen LogP contribution >= 0.6 is 27.5 Å². The lowest BCUT2D eigenvalue weighted by atomic mass is 10.0. The molecule has 0 fully saturated rings. The van der Waals surface area contributed by atoms with Gasteiger partial charge in [0.25, 0.3) is 0 Å². The Balaban J connectivity index is 3.17. The van der Waals surface area contributed by atoms with Gasteiger partial charge < -0.3 is 10.1 Å². The molecule has 1 N–H and O–H groups in total. The number of benzene rings is 1. The fourth-order valence-electron chi connectivity index (χ4n) is 1.78. The molecule has 0 saturated carbocycles. The second-order valence-corrected chi connectivity index (χ2v) is 4.82. The Kier molecular flexibility index (Phi) is 5.59. The van der Waals surface area contributed by atoms with Crippen LogP contribution in [0.1, 0.15) is 31.9 Å².